The summed E-state index contributed by atoms with van der Waals surface area (Å²) in [7, 11) is 0. The molecule has 1 aromatic carbocycles. The molecule has 0 unspecified atom stereocenters. The lowest BCUT2D eigenvalue weighted by molar-refractivity contribution is -0.129. The quantitative estimate of drug-likeness (QED) is 0.729. The number of aliphatic hydroxyl groups is 1. The summed E-state index contributed by atoms with van der Waals surface area (Å²) < 4.78 is 10.6. The number of benzene rings is 1. The van der Waals surface area contributed by atoms with E-state index in [-0.39, 0.29) is 11.3 Å². The number of Topliss-reactive ketones (excluding diaryl/α,β-unsaturated/α-hetero) is 1. The predicted octanol–water partition coefficient (Wildman–Crippen LogP) is 2.84. The van der Waals surface area contributed by atoms with Crippen molar-refractivity contribution in [1.29, 1.82) is 0 Å². The van der Waals surface area contributed by atoms with Crippen LogP contribution in [0, 0.1) is 0 Å². The molecule has 29 heavy (non-hydrogen) atoms. The first-order valence-electron chi connectivity index (χ1n) is 9.44. The van der Waals surface area contributed by atoms with Gasteiger partial charge in [-0.1, -0.05) is 23.7 Å². The van der Waals surface area contributed by atoms with Crippen molar-refractivity contribution >= 4 is 23.3 Å². The second-order valence-corrected chi connectivity index (χ2v) is 7.41. The molecule has 1 N–H and O–H groups in total. The SMILES string of the molecule is O=C(C1=C(O)C(=O)N(CCN2CCOCC2)[C@H]1c1ccc(Cl)cc1)c1ccco1. The molecule has 1 fully saturated rings. The van der Waals surface area contributed by atoms with Crippen LogP contribution in [0.15, 0.2) is 58.4 Å². The lowest BCUT2D eigenvalue weighted by atomic mass is 9.95. The van der Waals surface area contributed by atoms with Gasteiger partial charge in [-0.15, -0.1) is 0 Å². The molecule has 0 saturated carbocycles. The number of ketones is 1. The Labute approximate surface area is 173 Å². The van der Waals surface area contributed by atoms with Crippen molar-refractivity contribution in [2.75, 3.05) is 39.4 Å². The maximum atomic E-state index is 13.0. The molecule has 0 bridgehead atoms. The molecule has 7 nitrogen and oxygen atoms in total. The zero-order valence-corrected chi connectivity index (χ0v) is 16.5. The highest BCUT2D eigenvalue weighted by Crippen LogP contribution is 2.39. The Kier molecular flexibility index (Phi) is 5.71. The molecule has 1 atom stereocenters. The number of amides is 1. The van der Waals surface area contributed by atoms with Crippen molar-refractivity contribution in [3.63, 3.8) is 0 Å². The van der Waals surface area contributed by atoms with Crippen LogP contribution in [0.1, 0.15) is 22.2 Å². The third-order valence-electron chi connectivity index (χ3n) is 5.24. The van der Waals surface area contributed by atoms with Crippen LogP contribution < -0.4 is 0 Å². The molecule has 8 heteroatoms. The molecular weight excluding hydrogens is 396 g/mol. The Morgan fingerprint density at radius 2 is 1.86 bits per heavy atom. The van der Waals surface area contributed by atoms with Crippen molar-refractivity contribution in [2.24, 2.45) is 0 Å². The van der Waals surface area contributed by atoms with Gasteiger partial charge in [-0.2, -0.15) is 0 Å². The maximum absolute atomic E-state index is 13.0. The fourth-order valence-corrected chi connectivity index (χ4v) is 3.85. The third-order valence-corrected chi connectivity index (χ3v) is 5.49. The highest BCUT2D eigenvalue weighted by Gasteiger charge is 2.44. The Morgan fingerprint density at radius 3 is 2.52 bits per heavy atom. The summed E-state index contributed by atoms with van der Waals surface area (Å²) in [6.07, 6.45) is 1.38. The fraction of sp³-hybridized carbons (Fsp3) is 0.333. The van der Waals surface area contributed by atoms with Gasteiger partial charge in [0.1, 0.15) is 0 Å². The first-order chi connectivity index (χ1) is 14.1. The van der Waals surface area contributed by atoms with Crippen molar-refractivity contribution in [3.05, 3.63) is 70.3 Å². The van der Waals surface area contributed by atoms with Crippen LogP contribution in [-0.4, -0.2) is 66.0 Å². The predicted molar refractivity (Wildman–Crippen MR) is 106 cm³/mol. The van der Waals surface area contributed by atoms with E-state index in [1.54, 1.807) is 30.3 Å². The van der Waals surface area contributed by atoms with Crippen LogP contribution in [0.25, 0.3) is 0 Å². The molecule has 0 aliphatic carbocycles. The van der Waals surface area contributed by atoms with Gasteiger partial charge in [-0.3, -0.25) is 14.5 Å². The molecular formula is C21H21ClN2O5. The number of nitrogens with zero attached hydrogens (tertiary/aromatic N) is 2. The maximum Gasteiger partial charge on any atom is 0.290 e. The summed E-state index contributed by atoms with van der Waals surface area (Å²) in [5.74, 6) is -1.52. The molecule has 152 valence electrons. The van der Waals surface area contributed by atoms with Crippen molar-refractivity contribution in [1.82, 2.24) is 9.80 Å². The van der Waals surface area contributed by atoms with Crippen molar-refractivity contribution in [3.8, 4) is 0 Å². The summed E-state index contributed by atoms with van der Waals surface area (Å²) in [6, 6.07) is 9.32. The molecule has 1 saturated heterocycles. The summed E-state index contributed by atoms with van der Waals surface area (Å²) in [6.45, 7) is 3.86. The van der Waals surface area contributed by atoms with Gasteiger partial charge in [0.15, 0.2) is 11.5 Å². The monoisotopic (exact) mass is 416 g/mol. The van der Waals surface area contributed by atoms with Crippen LogP contribution in [-0.2, 0) is 9.53 Å². The van der Waals surface area contributed by atoms with Gasteiger partial charge in [-0.05, 0) is 29.8 Å². The molecule has 0 radical (unpaired) electrons. The summed E-state index contributed by atoms with van der Waals surface area (Å²) in [5, 5.41) is 11.1. The number of furan rings is 1. The van der Waals surface area contributed by atoms with Crippen LogP contribution in [0.4, 0.5) is 0 Å². The zero-order valence-electron chi connectivity index (χ0n) is 15.7. The second-order valence-electron chi connectivity index (χ2n) is 6.98. The Hall–Kier alpha value is -2.61. The van der Waals surface area contributed by atoms with Gasteiger partial charge in [0, 0.05) is 31.2 Å². The summed E-state index contributed by atoms with van der Waals surface area (Å²) in [5.41, 5.74) is 0.720. The number of ether oxygens (including phenoxy) is 1. The molecule has 2 aromatic rings. The van der Waals surface area contributed by atoms with Crippen molar-refractivity contribution in [2.45, 2.75) is 6.04 Å². The van der Waals surface area contributed by atoms with Crippen molar-refractivity contribution < 1.29 is 23.8 Å². The molecule has 1 aromatic heterocycles. The molecule has 0 spiro atoms. The smallest absolute Gasteiger partial charge is 0.290 e. The van der Waals surface area contributed by atoms with E-state index in [4.69, 9.17) is 20.8 Å². The van der Waals surface area contributed by atoms with E-state index >= 15 is 0 Å². The lowest BCUT2D eigenvalue weighted by Gasteiger charge is -2.31. The van der Waals surface area contributed by atoms with Crippen LogP contribution in [0.5, 0.6) is 0 Å². The number of hydrogen-bond acceptors (Lipinski definition) is 6. The minimum Gasteiger partial charge on any atom is -0.503 e. The first-order valence-corrected chi connectivity index (χ1v) is 9.82. The Bertz CT molecular complexity index is 917. The summed E-state index contributed by atoms with van der Waals surface area (Å²) >= 11 is 6.01. The van der Waals surface area contributed by atoms with Gasteiger partial charge in [0.05, 0.1) is 31.1 Å². The molecule has 2 aliphatic heterocycles. The molecule has 1 amide bonds. The number of halogens is 1. The fourth-order valence-electron chi connectivity index (χ4n) is 3.72. The molecule has 3 heterocycles. The van der Waals surface area contributed by atoms with Gasteiger partial charge < -0.3 is 19.2 Å². The zero-order chi connectivity index (χ0) is 20.4. The molecule has 4 rings (SSSR count). The summed E-state index contributed by atoms with van der Waals surface area (Å²) in [4.78, 5) is 29.6. The topological polar surface area (TPSA) is 83.2 Å². The van der Waals surface area contributed by atoms with E-state index < -0.39 is 23.5 Å². The number of carbonyl (C=O) groups is 2. The van der Waals surface area contributed by atoms with Crippen LogP contribution in [0.2, 0.25) is 5.02 Å². The Morgan fingerprint density at radius 1 is 1.14 bits per heavy atom. The number of morpholine rings is 1. The van der Waals surface area contributed by atoms with Crippen LogP contribution >= 0.6 is 11.6 Å². The second kappa shape index (κ2) is 8.41. The Balaban J connectivity index is 1.66. The van der Waals surface area contributed by atoms with E-state index in [9.17, 15) is 14.7 Å². The van der Waals surface area contributed by atoms with E-state index in [0.717, 1.165) is 13.1 Å². The minimum atomic E-state index is -0.710. The average molecular weight is 417 g/mol. The van der Waals surface area contributed by atoms with E-state index in [1.165, 1.54) is 17.2 Å². The highest BCUT2D eigenvalue weighted by molar-refractivity contribution is 6.30. The third kappa shape index (κ3) is 3.94. The lowest BCUT2D eigenvalue weighted by Crippen LogP contribution is -2.43. The standard InChI is InChI=1S/C21H21ClN2O5/c22-15-5-3-14(4-6-15)18-17(19(25)16-2-1-11-29-16)20(26)21(27)24(18)8-7-23-9-12-28-13-10-23/h1-6,11,18,26H,7-10,12-13H2/t18-/m0/s1. The van der Waals surface area contributed by atoms with Gasteiger partial charge >= 0.3 is 0 Å². The average Bonchev–Trinajstić information content (AvgIpc) is 3.36. The van der Waals surface area contributed by atoms with E-state index in [1.807, 2.05) is 0 Å². The largest absolute Gasteiger partial charge is 0.503 e. The number of hydrogen-bond donors (Lipinski definition) is 1. The highest BCUT2D eigenvalue weighted by atomic mass is 35.5. The number of carbonyl (C=O) groups excluding carboxylic acids is 2. The molecule has 2 aliphatic rings. The van der Waals surface area contributed by atoms with Crippen LogP contribution in [0.3, 0.4) is 0 Å². The normalized spacial score (nSPS) is 20.5. The minimum absolute atomic E-state index is 0.0225. The first kappa shape index (κ1) is 19.7. The van der Waals surface area contributed by atoms with E-state index in [2.05, 4.69) is 4.90 Å². The van der Waals surface area contributed by atoms with Gasteiger partial charge in [0.2, 0.25) is 5.78 Å². The number of aliphatic hydroxyl groups excluding tert-OH is 1. The van der Waals surface area contributed by atoms with Gasteiger partial charge in [-0.25, -0.2) is 0 Å². The van der Waals surface area contributed by atoms with Gasteiger partial charge in [0.25, 0.3) is 5.91 Å². The van der Waals surface area contributed by atoms with E-state index in [0.29, 0.717) is 36.9 Å². The number of rotatable bonds is 6.